The summed E-state index contributed by atoms with van der Waals surface area (Å²) >= 11 is 0. The number of carbonyl (C=O) groups excluding carboxylic acids is 3. The van der Waals surface area contributed by atoms with Crippen molar-refractivity contribution in [3.63, 3.8) is 0 Å². The van der Waals surface area contributed by atoms with E-state index in [0.717, 1.165) is 0 Å². The maximum absolute atomic E-state index is 12.8. The third-order valence-corrected chi connectivity index (χ3v) is 4.33. The zero-order valence-electron chi connectivity index (χ0n) is 17.4. The number of aliphatic carboxylic acids is 1. The Morgan fingerprint density at radius 1 is 0.969 bits per heavy atom. The van der Waals surface area contributed by atoms with Crippen LogP contribution in [-0.2, 0) is 25.6 Å². The minimum atomic E-state index is -1.28. The SMILES string of the molecule is NC(=O)C[C@H](N)C(=O)N[C@@H](Cc1ccc(O)cc1)C(=O)N[C@@H](CCCN=C(N)N)C(=O)O. The van der Waals surface area contributed by atoms with Crippen LogP contribution in [-0.4, -0.2) is 64.5 Å². The molecule has 0 aromatic heterocycles. The fourth-order valence-electron chi connectivity index (χ4n) is 2.70. The van der Waals surface area contributed by atoms with Gasteiger partial charge in [-0.25, -0.2) is 4.79 Å². The van der Waals surface area contributed by atoms with Crippen LogP contribution in [0.3, 0.4) is 0 Å². The van der Waals surface area contributed by atoms with Crippen molar-refractivity contribution in [3.05, 3.63) is 29.8 Å². The number of primary amides is 1. The van der Waals surface area contributed by atoms with Crippen molar-refractivity contribution in [3.8, 4) is 5.75 Å². The van der Waals surface area contributed by atoms with Crippen LogP contribution >= 0.6 is 0 Å². The van der Waals surface area contributed by atoms with Crippen LogP contribution in [0.2, 0.25) is 0 Å². The number of phenolic OH excluding ortho intramolecular Hbond substituents is 1. The van der Waals surface area contributed by atoms with E-state index in [1.165, 1.54) is 24.3 Å². The first-order chi connectivity index (χ1) is 15.0. The summed E-state index contributed by atoms with van der Waals surface area (Å²) in [4.78, 5) is 51.4. The second-order valence-electron chi connectivity index (χ2n) is 7.06. The Balaban J connectivity index is 2.94. The first-order valence-corrected chi connectivity index (χ1v) is 9.70. The number of hydrogen-bond acceptors (Lipinski definition) is 7. The number of amides is 3. The summed E-state index contributed by atoms with van der Waals surface area (Å²) in [7, 11) is 0. The van der Waals surface area contributed by atoms with Gasteiger partial charge in [0.05, 0.1) is 12.5 Å². The molecule has 0 saturated carbocycles. The average molecular weight is 451 g/mol. The van der Waals surface area contributed by atoms with Crippen LogP contribution in [0, 0.1) is 0 Å². The maximum Gasteiger partial charge on any atom is 0.326 e. The molecule has 0 bridgehead atoms. The maximum atomic E-state index is 12.8. The van der Waals surface area contributed by atoms with E-state index >= 15 is 0 Å². The van der Waals surface area contributed by atoms with Crippen molar-refractivity contribution < 1.29 is 29.4 Å². The van der Waals surface area contributed by atoms with Crippen molar-refractivity contribution in [2.75, 3.05) is 6.54 Å². The van der Waals surface area contributed by atoms with Gasteiger partial charge in [0.15, 0.2) is 5.96 Å². The Morgan fingerprint density at radius 3 is 2.09 bits per heavy atom. The van der Waals surface area contributed by atoms with Crippen LogP contribution in [0.5, 0.6) is 5.75 Å². The molecule has 176 valence electrons. The third kappa shape index (κ3) is 9.75. The van der Waals surface area contributed by atoms with Gasteiger partial charge in [0.25, 0.3) is 0 Å². The van der Waals surface area contributed by atoms with E-state index in [1.807, 2.05) is 0 Å². The Morgan fingerprint density at radius 2 is 1.56 bits per heavy atom. The number of carboxylic acids is 1. The molecule has 12 N–H and O–H groups in total. The number of carboxylic acid groups (broad SMARTS) is 1. The molecule has 0 aliphatic heterocycles. The van der Waals surface area contributed by atoms with Gasteiger partial charge in [-0.05, 0) is 30.5 Å². The Labute approximate surface area is 184 Å². The van der Waals surface area contributed by atoms with Crippen molar-refractivity contribution in [1.82, 2.24) is 10.6 Å². The fourth-order valence-corrected chi connectivity index (χ4v) is 2.70. The van der Waals surface area contributed by atoms with E-state index in [4.69, 9.17) is 22.9 Å². The first kappa shape index (κ1) is 26.2. The lowest BCUT2D eigenvalue weighted by Crippen LogP contribution is -2.55. The number of phenols is 1. The number of rotatable bonds is 13. The molecule has 13 heteroatoms. The lowest BCUT2D eigenvalue weighted by molar-refractivity contribution is -0.142. The molecule has 0 saturated heterocycles. The molecule has 1 aromatic rings. The van der Waals surface area contributed by atoms with E-state index < -0.39 is 48.2 Å². The van der Waals surface area contributed by atoms with Crippen LogP contribution in [0.25, 0.3) is 0 Å². The number of nitrogens with one attached hydrogen (secondary N) is 2. The van der Waals surface area contributed by atoms with Gasteiger partial charge >= 0.3 is 5.97 Å². The predicted molar refractivity (Wildman–Crippen MR) is 115 cm³/mol. The highest BCUT2D eigenvalue weighted by atomic mass is 16.4. The van der Waals surface area contributed by atoms with Gasteiger partial charge in [0.1, 0.15) is 17.8 Å². The molecular formula is C19H29N7O6. The summed E-state index contributed by atoms with van der Waals surface area (Å²) in [6, 6.07) is 2.13. The molecule has 0 fully saturated rings. The third-order valence-electron chi connectivity index (χ3n) is 4.33. The van der Waals surface area contributed by atoms with E-state index in [9.17, 15) is 29.4 Å². The van der Waals surface area contributed by atoms with Crippen LogP contribution in [0.4, 0.5) is 0 Å². The monoisotopic (exact) mass is 451 g/mol. The van der Waals surface area contributed by atoms with Gasteiger partial charge in [-0.1, -0.05) is 12.1 Å². The summed E-state index contributed by atoms with van der Waals surface area (Å²) in [5.74, 6) is -3.77. The van der Waals surface area contributed by atoms with Crippen molar-refractivity contribution in [1.29, 1.82) is 0 Å². The molecule has 0 heterocycles. The largest absolute Gasteiger partial charge is 0.508 e. The number of carbonyl (C=O) groups is 4. The van der Waals surface area contributed by atoms with Gasteiger partial charge in [-0.15, -0.1) is 0 Å². The molecule has 0 aliphatic carbocycles. The molecule has 1 rings (SSSR count). The van der Waals surface area contributed by atoms with Crippen LogP contribution < -0.4 is 33.6 Å². The van der Waals surface area contributed by atoms with E-state index in [1.54, 1.807) is 0 Å². The van der Waals surface area contributed by atoms with Gasteiger partial charge in [-0.3, -0.25) is 19.4 Å². The number of hydrogen-bond donors (Lipinski definition) is 8. The summed E-state index contributed by atoms with van der Waals surface area (Å²) in [5, 5.41) is 23.6. The molecule has 0 aliphatic rings. The molecule has 3 atom stereocenters. The number of guanidine groups is 1. The Hall–Kier alpha value is -3.87. The summed E-state index contributed by atoms with van der Waals surface area (Å²) in [6.45, 7) is 0.178. The molecule has 0 radical (unpaired) electrons. The number of nitrogens with two attached hydrogens (primary N) is 4. The highest BCUT2D eigenvalue weighted by Gasteiger charge is 2.28. The highest BCUT2D eigenvalue weighted by molar-refractivity contribution is 5.93. The van der Waals surface area contributed by atoms with Crippen molar-refractivity contribution >= 4 is 29.7 Å². The molecule has 1 aromatic carbocycles. The second kappa shape index (κ2) is 12.7. The van der Waals surface area contributed by atoms with Gasteiger partial charge in [0, 0.05) is 13.0 Å². The smallest absolute Gasteiger partial charge is 0.326 e. The summed E-state index contributed by atoms with van der Waals surface area (Å²) < 4.78 is 0. The lowest BCUT2D eigenvalue weighted by Gasteiger charge is -2.23. The van der Waals surface area contributed by atoms with Gasteiger partial charge < -0.3 is 43.8 Å². The van der Waals surface area contributed by atoms with Crippen LogP contribution in [0.1, 0.15) is 24.8 Å². The normalized spacial score (nSPS) is 13.3. The average Bonchev–Trinajstić information content (AvgIpc) is 2.70. The summed E-state index contributed by atoms with van der Waals surface area (Å²) in [6.07, 6.45) is -0.129. The molecule has 13 nitrogen and oxygen atoms in total. The first-order valence-electron chi connectivity index (χ1n) is 9.70. The topological polar surface area (TPSA) is 249 Å². The predicted octanol–water partition coefficient (Wildman–Crippen LogP) is -2.75. The van der Waals surface area contributed by atoms with E-state index in [0.29, 0.717) is 5.56 Å². The second-order valence-corrected chi connectivity index (χ2v) is 7.06. The standard InChI is InChI=1S/C19H29N7O6/c20-12(9-15(21)28)16(29)26-14(8-10-3-5-11(27)6-4-10)17(30)25-13(18(31)32)2-1-7-24-19(22)23/h3-6,12-14,27H,1-2,7-9,20H2,(H2,21,28)(H,25,30)(H,26,29)(H,31,32)(H4,22,23,24)/t12-,13-,14-/m0/s1. The number of nitrogens with zero attached hydrogens (tertiary/aromatic N) is 1. The molecule has 0 unspecified atom stereocenters. The van der Waals surface area contributed by atoms with Crippen molar-refractivity contribution in [2.45, 2.75) is 43.8 Å². The van der Waals surface area contributed by atoms with Gasteiger partial charge in [0.2, 0.25) is 17.7 Å². The zero-order valence-corrected chi connectivity index (χ0v) is 17.4. The molecular weight excluding hydrogens is 422 g/mol. The minimum absolute atomic E-state index is 0.00832. The minimum Gasteiger partial charge on any atom is -0.508 e. The molecule has 0 spiro atoms. The quantitative estimate of drug-likeness (QED) is 0.0877. The van der Waals surface area contributed by atoms with E-state index in [-0.39, 0.29) is 37.5 Å². The van der Waals surface area contributed by atoms with E-state index in [2.05, 4.69) is 15.6 Å². The summed E-state index contributed by atoms with van der Waals surface area (Å²) in [5.41, 5.74) is 21.7. The van der Waals surface area contributed by atoms with Crippen molar-refractivity contribution in [2.24, 2.45) is 27.9 Å². The zero-order chi connectivity index (χ0) is 24.3. The number of aromatic hydroxyl groups is 1. The van der Waals surface area contributed by atoms with Gasteiger partial charge in [-0.2, -0.15) is 0 Å². The van der Waals surface area contributed by atoms with Crippen LogP contribution in [0.15, 0.2) is 29.3 Å². The lowest BCUT2D eigenvalue weighted by atomic mass is 10.0. The fraction of sp³-hybridized carbons (Fsp3) is 0.421. The highest BCUT2D eigenvalue weighted by Crippen LogP contribution is 2.12. The molecule has 32 heavy (non-hydrogen) atoms. The Kier molecular flexibility index (Phi) is 10.4. The Bertz CT molecular complexity index is 839. The molecule has 3 amide bonds. The number of aliphatic imine (C=N–C) groups is 1. The number of benzene rings is 1.